The number of hydrogen-bond donors (Lipinski definition) is 1. The largest absolute Gasteiger partial charge is 0.321 e. The highest BCUT2D eigenvalue weighted by Gasteiger charge is 2.40. The minimum absolute atomic E-state index is 0.111. The Balaban J connectivity index is 1.72. The van der Waals surface area contributed by atoms with Crippen molar-refractivity contribution in [3.05, 3.63) is 105 Å². The zero-order chi connectivity index (χ0) is 24.2. The Hall–Kier alpha value is -3.53. The molecule has 0 aliphatic carbocycles. The quantitative estimate of drug-likeness (QED) is 0.352. The van der Waals surface area contributed by atoms with E-state index in [-0.39, 0.29) is 11.5 Å². The third kappa shape index (κ3) is 5.17. The highest BCUT2D eigenvalue weighted by molar-refractivity contribution is 8.05. The van der Waals surface area contributed by atoms with Gasteiger partial charge in [-0.15, -0.1) is 0 Å². The zero-order valence-electron chi connectivity index (χ0n) is 18.7. The van der Waals surface area contributed by atoms with E-state index in [4.69, 9.17) is 11.6 Å². The molecule has 1 aliphatic heterocycles. The first-order valence-corrected chi connectivity index (χ1v) is 12.0. The molecule has 7 heteroatoms. The van der Waals surface area contributed by atoms with Crippen LogP contribution in [-0.4, -0.2) is 17.1 Å². The lowest BCUT2D eigenvalue weighted by Crippen LogP contribution is -2.30. The molecule has 1 heterocycles. The molecule has 1 atom stereocenters. The molecule has 2 amide bonds. The predicted molar refractivity (Wildman–Crippen MR) is 138 cm³/mol. The molecule has 34 heavy (non-hydrogen) atoms. The van der Waals surface area contributed by atoms with Crippen molar-refractivity contribution in [2.45, 2.75) is 25.5 Å². The first-order chi connectivity index (χ1) is 16.4. The van der Waals surface area contributed by atoms with E-state index >= 15 is 0 Å². The highest BCUT2D eigenvalue weighted by atomic mass is 35.5. The standard InChI is InChI=1S/C27H22ClN3O2S/c1-17-6-12-22(13-7-17)31-26(33)24(15-19-5-3-4-18(2)14-19)34-27(31)23(16-29)25(32)30-21-10-8-20(28)9-11-21/h3-14,24H,15H2,1-2H3,(H,30,32)/b27-23-/t24-/m0/s1. The second-order valence-electron chi connectivity index (χ2n) is 8.06. The molecule has 0 saturated carbocycles. The molecule has 1 saturated heterocycles. The summed E-state index contributed by atoms with van der Waals surface area (Å²) in [5, 5.41) is 13.1. The van der Waals surface area contributed by atoms with Gasteiger partial charge < -0.3 is 5.32 Å². The number of hydrogen-bond acceptors (Lipinski definition) is 4. The van der Waals surface area contributed by atoms with Crippen molar-refractivity contribution in [2.24, 2.45) is 0 Å². The normalized spacial score (nSPS) is 16.8. The van der Waals surface area contributed by atoms with Gasteiger partial charge in [0.2, 0.25) is 5.91 Å². The number of anilines is 2. The predicted octanol–water partition coefficient (Wildman–Crippen LogP) is 6.02. The van der Waals surface area contributed by atoms with Gasteiger partial charge in [-0.05, 0) is 62.2 Å². The average molecular weight is 488 g/mol. The molecule has 1 aliphatic rings. The fraction of sp³-hybridized carbons (Fsp3) is 0.148. The van der Waals surface area contributed by atoms with Crippen LogP contribution in [0.25, 0.3) is 0 Å². The number of nitrogens with one attached hydrogen (secondary N) is 1. The van der Waals surface area contributed by atoms with Gasteiger partial charge in [-0.1, -0.05) is 70.9 Å². The SMILES string of the molecule is Cc1ccc(N2C(=O)[C@H](Cc3cccc(C)c3)S/C2=C(/C#N)C(=O)Nc2ccc(Cl)cc2)cc1. The number of amides is 2. The van der Waals surface area contributed by atoms with Crippen molar-refractivity contribution in [1.82, 2.24) is 0 Å². The topological polar surface area (TPSA) is 73.2 Å². The lowest BCUT2D eigenvalue weighted by Gasteiger charge is -2.19. The molecule has 0 radical (unpaired) electrons. The maximum Gasteiger partial charge on any atom is 0.269 e. The number of thioether (sulfide) groups is 1. The van der Waals surface area contributed by atoms with Gasteiger partial charge in [0.25, 0.3) is 5.91 Å². The molecule has 1 N–H and O–H groups in total. The molecular weight excluding hydrogens is 466 g/mol. The number of nitrogens with zero attached hydrogens (tertiary/aromatic N) is 2. The van der Waals surface area contributed by atoms with E-state index < -0.39 is 11.2 Å². The summed E-state index contributed by atoms with van der Waals surface area (Å²) in [7, 11) is 0. The Morgan fingerprint density at radius 2 is 1.76 bits per heavy atom. The Morgan fingerprint density at radius 1 is 1.06 bits per heavy atom. The van der Waals surface area contributed by atoms with Crippen LogP contribution in [0.1, 0.15) is 16.7 Å². The second-order valence-corrected chi connectivity index (χ2v) is 9.69. The van der Waals surface area contributed by atoms with E-state index in [2.05, 4.69) is 5.32 Å². The van der Waals surface area contributed by atoms with Gasteiger partial charge in [0.15, 0.2) is 0 Å². The molecule has 0 bridgehead atoms. The molecule has 170 valence electrons. The Labute approximate surface area is 208 Å². The number of carbonyl (C=O) groups is 2. The smallest absolute Gasteiger partial charge is 0.269 e. The Morgan fingerprint density at radius 3 is 2.41 bits per heavy atom. The summed E-state index contributed by atoms with van der Waals surface area (Å²) in [5.41, 5.74) is 4.21. The average Bonchev–Trinajstić information content (AvgIpc) is 3.12. The van der Waals surface area contributed by atoms with E-state index in [0.29, 0.717) is 27.8 Å². The van der Waals surface area contributed by atoms with E-state index in [1.165, 1.54) is 16.7 Å². The molecule has 0 spiro atoms. The van der Waals surface area contributed by atoms with Gasteiger partial charge in [-0.3, -0.25) is 14.5 Å². The van der Waals surface area contributed by atoms with Crippen LogP contribution in [0.4, 0.5) is 11.4 Å². The summed E-state index contributed by atoms with van der Waals surface area (Å²) in [6.07, 6.45) is 0.495. The number of carbonyl (C=O) groups excluding carboxylic acids is 2. The van der Waals surface area contributed by atoms with Crippen LogP contribution in [0.2, 0.25) is 5.02 Å². The lowest BCUT2D eigenvalue weighted by molar-refractivity contribution is -0.117. The third-order valence-corrected chi connectivity index (χ3v) is 6.92. The minimum atomic E-state index is -0.576. The van der Waals surface area contributed by atoms with Gasteiger partial charge in [-0.2, -0.15) is 5.26 Å². The molecule has 1 fully saturated rings. The maximum atomic E-state index is 13.5. The van der Waals surface area contributed by atoms with Gasteiger partial charge in [0.05, 0.1) is 5.25 Å². The van der Waals surface area contributed by atoms with Crippen LogP contribution in [0.3, 0.4) is 0 Å². The fourth-order valence-electron chi connectivity index (χ4n) is 3.70. The van der Waals surface area contributed by atoms with Crippen molar-refractivity contribution in [2.75, 3.05) is 10.2 Å². The first kappa shape index (κ1) is 23.6. The van der Waals surface area contributed by atoms with Crippen molar-refractivity contribution in [1.29, 1.82) is 5.26 Å². The fourth-order valence-corrected chi connectivity index (χ4v) is 5.13. The molecule has 3 aromatic carbocycles. The summed E-state index contributed by atoms with van der Waals surface area (Å²) >= 11 is 7.18. The summed E-state index contributed by atoms with van der Waals surface area (Å²) in [5.74, 6) is -0.731. The third-order valence-electron chi connectivity index (χ3n) is 5.40. The number of aryl methyl sites for hydroxylation is 2. The summed E-state index contributed by atoms with van der Waals surface area (Å²) in [6, 6.07) is 24.1. The van der Waals surface area contributed by atoms with E-state index in [9.17, 15) is 14.9 Å². The maximum absolute atomic E-state index is 13.5. The van der Waals surface area contributed by atoms with Gasteiger partial charge >= 0.3 is 0 Å². The molecular formula is C27H22ClN3O2S. The Bertz CT molecular complexity index is 1310. The number of nitriles is 1. The van der Waals surface area contributed by atoms with E-state index in [0.717, 1.165) is 16.7 Å². The zero-order valence-corrected chi connectivity index (χ0v) is 20.3. The molecule has 3 aromatic rings. The second kappa shape index (κ2) is 10.2. The van der Waals surface area contributed by atoms with Crippen LogP contribution in [0.15, 0.2) is 83.4 Å². The van der Waals surface area contributed by atoms with Crippen LogP contribution < -0.4 is 10.2 Å². The van der Waals surface area contributed by atoms with Gasteiger partial charge in [0.1, 0.15) is 16.7 Å². The molecule has 4 rings (SSSR count). The van der Waals surface area contributed by atoms with Crippen LogP contribution in [0, 0.1) is 25.2 Å². The van der Waals surface area contributed by atoms with Crippen molar-refractivity contribution in [3.8, 4) is 6.07 Å². The highest BCUT2D eigenvalue weighted by Crippen LogP contribution is 2.42. The molecule has 0 unspecified atom stereocenters. The van der Waals surface area contributed by atoms with E-state index in [1.807, 2.05) is 68.4 Å². The summed E-state index contributed by atoms with van der Waals surface area (Å²) in [6.45, 7) is 3.97. The number of rotatable bonds is 5. The lowest BCUT2D eigenvalue weighted by atomic mass is 10.1. The number of halogens is 1. The number of benzene rings is 3. The van der Waals surface area contributed by atoms with Crippen molar-refractivity contribution >= 4 is 46.6 Å². The minimum Gasteiger partial charge on any atom is -0.321 e. The van der Waals surface area contributed by atoms with Crippen LogP contribution in [0.5, 0.6) is 0 Å². The van der Waals surface area contributed by atoms with Crippen LogP contribution in [-0.2, 0) is 16.0 Å². The van der Waals surface area contributed by atoms with E-state index in [1.54, 1.807) is 24.3 Å². The molecule has 5 nitrogen and oxygen atoms in total. The Kier molecular flexibility index (Phi) is 7.06. The van der Waals surface area contributed by atoms with Crippen molar-refractivity contribution < 1.29 is 9.59 Å². The molecule has 0 aromatic heterocycles. The van der Waals surface area contributed by atoms with Crippen molar-refractivity contribution in [3.63, 3.8) is 0 Å². The van der Waals surface area contributed by atoms with Gasteiger partial charge in [-0.25, -0.2) is 0 Å². The first-order valence-electron chi connectivity index (χ1n) is 10.7. The summed E-state index contributed by atoms with van der Waals surface area (Å²) in [4.78, 5) is 28.1. The van der Waals surface area contributed by atoms with Gasteiger partial charge in [0, 0.05) is 16.4 Å². The van der Waals surface area contributed by atoms with Crippen LogP contribution >= 0.6 is 23.4 Å². The monoisotopic (exact) mass is 487 g/mol. The summed E-state index contributed by atoms with van der Waals surface area (Å²) < 4.78 is 0.